The number of fused-ring (bicyclic) bond motifs is 1. The van der Waals surface area contributed by atoms with Crippen LogP contribution in [0.25, 0.3) is 10.2 Å². The second-order valence-corrected chi connectivity index (χ2v) is 9.41. The molecule has 0 bridgehead atoms. The molecule has 1 heterocycles. The Kier molecular flexibility index (Phi) is 8.36. The number of hydrogen-bond donors (Lipinski definition) is 3. The van der Waals surface area contributed by atoms with Crippen molar-refractivity contribution >= 4 is 33.4 Å². The van der Waals surface area contributed by atoms with Crippen molar-refractivity contribution in [3.05, 3.63) is 64.7 Å². The zero-order valence-electron chi connectivity index (χ0n) is 18.9. The summed E-state index contributed by atoms with van der Waals surface area (Å²) in [5.41, 5.74) is 9.20. The number of benzene rings is 2. The number of aromatic nitrogens is 1. The molecule has 3 rings (SSSR count). The highest BCUT2D eigenvalue weighted by Gasteiger charge is 2.24. The molecule has 2 aromatic carbocycles. The van der Waals surface area contributed by atoms with Gasteiger partial charge in [0, 0.05) is 25.4 Å². The first-order valence-electron chi connectivity index (χ1n) is 11.1. The second-order valence-electron chi connectivity index (χ2n) is 8.30. The van der Waals surface area contributed by atoms with Crippen LogP contribution in [0.5, 0.6) is 0 Å². The summed E-state index contributed by atoms with van der Waals surface area (Å²) in [4.78, 5) is 29.9. The summed E-state index contributed by atoms with van der Waals surface area (Å²) in [6, 6.07) is 15.3. The number of nitrogens with two attached hydrogens (primary N) is 1. The Morgan fingerprint density at radius 1 is 1.06 bits per heavy atom. The van der Waals surface area contributed by atoms with Crippen molar-refractivity contribution in [2.24, 2.45) is 5.73 Å². The number of carbonyl (C=O) groups excluding carboxylic acids is 2. The number of nitrogens with zero attached hydrogens (tertiary/aromatic N) is 1. The lowest BCUT2D eigenvalue weighted by atomic mass is 10.0. The predicted octanol–water partition coefficient (Wildman–Crippen LogP) is 3.54. The molecule has 3 aromatic rings. The van der Waals surface area contributed by atoms with Gasteiger partial charge in [-0.05, 0) is 35.6 Å². The molecule has 2 amide bonds. The topological polar surface area (TPSA) is 97.1 Å². The quantitative estimate of drug-likeness (QED) is 0.438. The number of carbonyl (C=O) groups is 2. The summed E-state index contributed by atoms with van der Waals surface area (Å²) in [6.45, 7) is 6.40. The maximum Gasteiger partial charge on any atom is 0.243 e. The van der Waals surface area contributed by atoms with Gasteiger partial charge >= 0.3 is 0 Å². The van der Waals surface area contributed by atoms with Gasteiger partial charge < -0.3 is 16.4 Å². The minimum Gasteiger partial charge on any atom is -0.350 e. The molecule has 0 fully saturated rings. The van der Waals surface area contributed by atoms with Crippen molar-refractivity contribution in [2.75, 3.05) is 6.54 Å². The summed E-state index contributed by atoms with van der Waals surface area (Å²) in [7, 11) is 0. The van der Waals surface area contributed by atoms with E-state index in [0.717, 1.165) is 20.8 Å². The van der Waals surface area contributed by atoms with E-state index in [1.165, 1.54) is 5.56 Å². The van der Waals surface area contributed by atoms with Crippen LogP contribution in [0.3, 0.4) is 0 Å². The van der Waals surface area contributed by atoms with Gasteiger partial charge in [-0.15, -0.1) is 11.3 Å². The fourth-order valence-electron chi connectivity index (χ4n) is 3.51. The Bertz CT molecular complexity index is 1050. The summed E-state index contributed by atoms with van der Waals surface area (Å²) < 4.78 is 1.09. The Balaban J connectivity index is 1.75. The van der Waals surface area contributed by atoms with Gasteiger partial charge in [0.05, 0.1) is 15.2 Å². The first-order valence-corrected chi connectivity index (χ1v) is 11.9. The fraction of sp³-hybridized carbons (Fsp3) is 0.400. The van der Waals surface area contributed by atoms with Gasteiger partial charge in [0.25, 0.3) is 0 Å². The number of rotatable bonds is 10. The van der Waals surface area contributed by atoms with Crippen molar-refractivity contribution in [2.45, 2.75) is 58.0 Å². The minimum atomic E-state index is -0.697. The van der Waals surface area contributed by atoms with Gasteiger partial charge in [-0.25, -0.2) is 4.98 Å². The van der Waals surface area contributed by atoms with E-state index in [4.69, 9.17) is 10.7 Å². The second kappa shape index (κ2) is 11.2. The van der Waals surface area contributed by atoms with Gasteiger partial charge in [0.15, 0.2) is 0 Å². The van der Waals surface area contributed by atoms with E-state index in [2.05, 4.69) is 36.6 Å². The van der Waals surface area contributed by atoms with Crippen molar-refractivity contribution < 1.29 is 9.59 Å². The van der Waals surface area contributed by atoms with E-state index in [-0.39, 0.29) is 17.9 Å². The van der Waals surface area contributed by atoms with Crippen LogP contribution in [-0.2, 0) is 22.4 Å². The zero-order chi connectivity index (χ0) is 23.1. The lowest BCUT2D eigenvalue weighted by molar-refractivity contribution is -0.129. The van der Waals surface area contributed by atoms with Gasteiger partial charge in [-0.2, -0.15) is 0 Å². The predicted molar refractivity (Wildman–Crippen MR) is 131 cm³/mol. The lowest BCUT2D eigenvalue weighted by Gasteiger charge is -2.22. The molecule has 0 aliphatic carbocycles. The molecule has 1 aromatic heterocycles. The van der Waals surface area contributed by atoms with E-state index >= 15 is 0 Å². The maximum atomic E-state index is 13.1. The summed E-state index contributed by atoms with van der Waals surface area (Å²) in [5.74, 6) is 0.0335. The largest absolute Gasteiger partial charge is 0.350 e. The molecule has 170 valence electrons. The van der Waals surface area contributed by atoms with Crippen molar-refractivity contribution in [3.63, 3.8) is 0 Å². The van der Waals surface area contributed by atoms with Gasteiger partial charge in [0.1, 0.15) is 6.04 Å². The molecule has 0 aliphatic heterocycles. The first kappa shape index (κ1) is 23.9. The third kappa shape index (κ3) is 6.37. The summed E-state index contributed by atoms with van der Waals surface area (Å²) in [6.07, 6.45) is 1.29. The zero-order valence-corrected chi connectivity index (χ0v) is 19.7. The Hall–Kier alpha value is -2.77. The molecule has 0 saturated heterocycles. The van der Waals surface area contributed by atoms with Crippen molar-refractivity contribution in [1.29, 1.82) is 0 Å². The summed E-state index contributed by atoms with van der Waals surface area (Å²) >= 11 is 1.57. The van der Waals surface area contributed by atoms with Crippen LogP contribution in [-0.4, -0.2) is 35.4 Å². The van der Waals surface area contributed by atoms with E-state index in [1.54, 1.807) is 18.3 Å². The van der Waals surface area contributed by atoms with E-state index < -0.39 is 6.04 Å². The molecule has 0 radical (unpaired) electrons. The van der Waals surface area contributed by atoms with E-state index in [0.29, 0.717) is 31.7 Å². The number of thiazole rings is 1. The summed E-state index contributed by atoms with van der Waals surface area (Å²) in [5, 5.41) is 6.70. The minimum absolute atomic E-state index is 0.166. The van der Waals surface area contributed by atoms with E-state index in [9.17, 15) is 9.59 Å². The molecule has 6 nitrogen and oxygen atoms in total. The molecule has 0 unspecified atom stereocenters. The lowest BCUT2D eigenvalue weighted by Crippen LogP contribution is -2.52. The standard InChI is InChI=1S/C25H32N4O2S/c1-4-23(30)28-21(25(31)27-19(15-26)12-17-8-6-5-7-9-17)14-24-29-20-11-10-18(16(2)3)13-22(20)32-24/h5-11,13,16,19,21H,4,12,14-15,26H2,1-3H3,(H,27,31)(H,28,30)/t19-,21-/m1/s1. The Morgan fingerprint density at radius 2 is 1.81 bits per heavy atom. The van der Waals surface area contributed by atoms with Crippen LogP contribution in [0.2, 0.25) is 0 Å². The van der Waals surface area contributed by atoms with Crippen LogP contribution in [0.4, 0.5) is 0 Å². The van der Waals surface area contributed by atoms with Gasteiger partial charge in [-0.3, -0.25) is 9.59 Å². The number of hydrogen-bond acceptors (Lipinski definition) is 5. The first-order chi connectivity index (χ1) is 15.4. The van der Waals surface area contributed by atoms with E-state index in [1.807, 2.05) is 36.4 Å². The molecule has 4 N–H and O–H groups in total. The van der Waals surface area contributed by atoms with Gasteiger partial charge in [-0.1, -0.05) is 57.2 Å². The average molecular weight is 453 g/mol. The normalized spacial score (nSPS) is 13.2. The molecular formula is C25H32N4O2S. The Labute approximate surface area is 193 Å². The smallest absolute Gasteiger partial charge is 0.243 e. The highest BCUT2D eigenvalue weighted by molar-refractivity contribution is 7.18. The molecule has 0 spiro atoms. The van der Waals surface area contributed by atoms with Gasteiger partial charge in [0.2, 0.25) is 11.8 Å². The number of amides is 2. The fourth-order valence-corrected chi connectivity index (χ4v) is 4.57. The SMILES string of the molecule is CCC(=O)N[C@H](Cc1nc2ccc(C(C)C)cc2s1)C(=O)N[C@@H](CN)Cc1ccccc1. The van der Waals surface area contributed by atoms with Crippen LogP contribution in [0.15, 0.2) is 48.5 Å². The molecule has 0 aliphatic rings. The molecule has 0 saturated carbocycles. The van der Waals surface area contributed by atoms with Crippen molar-refractivity contribution in [3.8, 4) is 0 Å². The van der Waals surface area contributed by atoms with Crippen LogP contribution < -0.4 is 16.4 Å². The molecule has 32 heavy (non-hydrogen) atoms. The monoisotopic (exact) mass is 452 g/mol. The van der Waals surface area contributed by atoms with Crippen LogP contribution >= 0.6 is 11.3 Å². The third-order valence-corrected chi connectivity index (χ3v) is 6.47. The highest BCUT2D eigenvalue weighted by Crippen LogP contribution is 2.27. The third-order valence-electron chi connectivity index (χ3n) is 5.43. The molecular weight excluding hydrogens is 420 g/mol. The number of nitrogens with one attached hydrogen (secondary N) is 2. The van der Waals surface area contributed by atoms with Crippen LogP contribution in [0.1, 0.15) is 49.2 Å². The average Bonchev–Trinajstić information content (AvgIpc) is 3.20. The van der Waals surface area contributed by atoms with Crippen molar-refractivity contribution in [1.82, 2.24) is 15.6 Å². The van der Waals surface area contributed by atoms with Crippen LogP contribution in [0, 0.1) is 0 Å². The molecule has 7 heteroatoms. The maximum absolute atomic E-state index is 13.1. The Morgan fingerprint density at radius 3 is 2.47 bits per heavy atom. The highest BCUT2D eigenvalue weighted by atomic mass is 32.1. The molecule has 2 atom stereocenters.